The number of nitrogens with zero attached hydrogens (tertiary/aromatic N) is 1. The molecule has 0 atom stereocenters. The summed E-state index contributed by atoms with van der Waals surface area (Å²) >= 11 is 5.96. The third-order valence-corrected chi connectivity index (χ3v) is 2.96. The molecule has 0 radical (unpaired) electrons. The molecule has 1 amide bonds. The van der Waals surface area contributed by atoms with Gasteiger partial charge in [-0.05, 0) is 12.1 Å². The Morgan fingerprint density at radius 1 is 1.35 bits per heavy atom. The molecule has 1 saturated heterocycles. The van der Waals surface area contributed by atoms with Crippen molar-refractivity contribution in [1.82, 2.24) is 0 Å². The van der Waals surface area contributed by atoms with Crippen molar-refractivity contribution in [3.63, 3.8) is 0 Å². The van der Waals surface area contributed by atoms with Crippen LogP contribution in [0, 0.1) is 0 Å². The van der Waals surface area contributed by atoms with Crippen LogP contribution in [-0.2, 0) is 4.74 Å². The first-order valence-corrected chi connectivity index (χ1v) is 5.69. The van der Waals surface area contributed by atoms with Crippen molar-refractivity contribution in [2.75, 3.05) is 36.9 Å². The lowest BCUT2D eigenvalue weighted by molar-refractivity contribution is 0.100. The number of rotatable bonds is 2. The average molecular weight is 256 g/mol. The van der Waals surface area contributed by atoms with Gasteiger partial charge in [-0.25, -0.2) is 0 Å². The number of carbonyl (C=O) groups excluding carboxylic acids is 1. The van der Waals surface area contributed by atoms with E-state index in [1.807, 2.05) is 4.90 Å². The minimum absolute atomic E-state index is 0.263. The van der Waals surface area contributed by atoms with Crippen molar-refractivity contribution in [2.24, 2.45) is 5.73 Å². The zero-order chi connectivity index (χ0) is 12.4. The van der Waals surface area contributed by atoms with Crippen LogP contribution in [0.25, 0.3) is 0 Å². The normalized spacial score (nSPS) is 15.9. The monoisotopic (exact) mass is 255 g/mol. The Bertz CT molecular complexity index is 445. The molecule has 0 saturated carbocycles. The maximum Gasteiger partial charge on any atom is 0.250 e. The maximum absolute atomic E-state index is 11.2. The van der Waals surface area contributed by atoms with Gasteiger partial charge in [0.05, 0.1) is 30.2 Å². The molecule has 0 bridgehead atoms. The van der Waals surface area contributed by atoms with Crippen molar-refractivity contribution in [3.8, 4) is 0 Å². The molecular formula is C11H14ClN3O2. The van der Waals surface area contributed by atoms with Gasteiger partial charge in [0.25, 0.3) is 5.91 Å². The van der Waals surface area contributed by atoms with Crippen molar-refractivity contribution in [3.05, 3.63) is 22.7 Å². The zero-order valence-electron chi connectivity index (χ0n) is 9.28. The molecule has 17 heavy (non-hydrogen) atoms. The topological polar surface area (TPSA) is 81.6 Å². The molecular weight excluding hydrogens is 242 g/mol. The summed E-state index contributed by atoms with van der Waals surface area (Å²) in [5, 5.41) is 0.453. The number of anilines is 2. The fourth-order valence-electron chi connectivity index (χ4n) is 1.87. The second-order valence-electron chi connectivity index (χ2n) is 3.85. The lowest BCUT2D eigenvalue weighted by Gasteiger charge is -2.30. The maximum atomic E-state index is 11.2. The predicted molar refractivity (Wildman–Crippen MR) is 67.4 cm³/mol. The van der Waals surface area contributed by atoms with E-state index in [1.165, 1.54) is 6.07 Å². The van der Waals surface area contributed by atoms with Gasteiger partial charge in [0, 0.05) is 18.1 Å². The van der Waals surface area contributed by atoms with Gasteiger partial charge in [0.15, 0.2) is 0 Å². The summed E-state index contributed by atoms with van der Waals surface area (Å²) in [7, 11) is 0. The number of carbonyl (C=O) groups is 1. The average Bonchev–Trinajstić information content (AvgIpc) is 2.32. The molecule has 0 aliphatic carbocycles. The molecule has 0 aromatic heterocycles. The largest absolute Gasteiger partial charge is 0.396 e. The van der Waals surface area contributed by atoms with Crippen LogP contribution in [0.15, 0.2) is 12.1 Å². The highest BCUT2D eigenvalue weighted by Crippen LogP contribution is 2.31. The van der Waals surface area contributed by atoms with E-state index in [4.69, 9.17) is 27.8 Å². The Morgan fingerprint density at radius 2 is 2.00 bits per heavy atom. The molecule has 1 aromatic carbocycles. The molecule has 0 unspecified atom stereocenters. The summed E-state index contributed by atoms with van der Waals surface area (Å²) in [6.45, 7) is 2.72. The first-order valence-electron chi connectivity index (χ1n) is 5.31. The van der Waals surface area contributed by atoms with E-state index in [0.29, 0.717) is 23.9 Å². The molecule has 1 aliphatic heterocycles. The Kier molecular flexibility index (Phi) is 3.40. The fourth-order valence-corrected chi connectivity index (χ4v) is 2.09. The molecule has 1 aromatic rings. The standard InChI is InChI=1S/C11H14ClN3O2/c12-7-5-8(11(14)16)10(13)9(6-7)15-1-3-17-4-2-15/h5-6H,1-4,13H2,(H2,14,16). The third kappa shape index (κ3) is 2.45. The highest BCUT2D eigenvalue weighted by atomic mass is 35.5. The minimum Gasteiger partial charge on any atom is -0.396 e. The smallest absolute Gasteiger partial charge is 0.250 e. The number of amides is 1. The highest BCUT2D eigenvalue weighted by Gasteiger charge is 2.18. The molecule has 1 fully saturated rings. The number of morpholine rings is 1. The highest BCUT2D eigenvalue weighted by molar-refractivity contribution is 6.31. The van der Waals surface area contributed by atoms with E-state index in [-0.39, 0.29) is 5.56 Å². The lowest BCUT2D eigenvalue weighted by Crippen LogP contribution is -2.37. The Labute approximate surface area is 104 Å². The molecule has 92 valence electrons. The van der Waals surface area contributed by atoms with E-state index < -0.39 is 5.91 Å². The molecule has 0 spiro atoms. The fraction of sp³-hybridized carbons (Fsp3) is 0.364. The van der Waals surface area contributed by atoms with E-state index in [2.05, 4.69) is 0 Å². The number of nitrogens with two attached hydrogens (primary N) is 2. The first kappa shape index (κ1) is 12.0. The van der Waals surface area contributed by atoms with Crippen LogP contribution in [0.3, 0.4) is 0 Å². The van der Waals surface area contributed by atoms with Gasteiger partial charge >= 0.3 is 0 Å². The Morgan fingerprint density at radius 3 is 2.59 bits per heavy atom. The van der Waals surface area contributed by atoms with Crippen molar-refractivity contribution >= 4 is 28.9 Å². The summed E-state index contributed by atoms with van der Waals surface area (Å²) in [4.78, 5) is 13.3. The van der Waals surface area contributed by atoms with Crippen LogP contribution in [0.2, 0.25) is 5.02 Å². The number of nitrogen functional groups attached to an aromatic ring is 1. The Hall–Kier alpha value is -1.46. The number of hydrogen-bond acceptors (Lipinski definition) is 4. The molecule has 5 nitrogen and oxygen atoms in total. The van der Waals surface area contributed by atoms with E-state index in [9.17, 15) is 4.79 Å². The van der Waals surface area contributed by atoms with Gasteiger partial charge in [0.2, 0.25) is 0 Å². The SMILES string of the molecule is NC(=O)c1cc(Cl)cc(N2CCOCC2)c1N. The van der Waals surface area contributed by atoms with Crippen molar-refractivity contribution in [1.29, 1.82) is 0 Å². The summed E-state index contributed by atoms with van der Waals surface area (Å²) in [6.07, 6.45) is 0. The van der Waals surface area contributed by atoms with Gasteiger partial charge < -0.3 is 21.1 Å². The number of primary amides is 1. The zero-order valence-corrected chi connectivity index (χ0v) is 10.0. The summed E-state index contributed by atoms with van der Waals surface area (Å²) < 4.78 is 5.26. The van der Waals surface area contributed by atoms with Crippen molar-refractivity contribution in [2.45, 2.75) is 0 Å². The van der Waals surface area contributed by atoms with E-state index in [1.54, 1.807) is 6.07 Å². The van der Waals surface area contributed by atoms with E-state index >= 15 is 0 Å². The van der Waals surface area contributed by atoms with Crippen LogP contribution in [0.5, 0.6) is 0 Å². The summed E-state index contributed by atoms with van der Waals surface area (Å²) in [5.41, 5.74) is 12.6. The predicted octanol–water partition coefficient (Wildman–Crippen LogP) is 0.858. The summed E-state index contributed by atoms with van der Waals surface area (Å²) in [5.74, 6) is -0.570. The minimum atomic E-state index is -0.570. The van der Waals surface area contributed by atoms with Crippen LogP contribution < -0.4 is 16.4 Å². The summed E-state index contributed by atoms with van der Waals surface area (Å²) in [6, 6.07) is 3.23. The molecule has 4 N–H and O–H groups in total. The Balaban J connectivity index is 2.41. The second-order valence-corrected chi connectivity index (χ2v) is 4.29. The molecule has 2 rings (SSSR count). The third-order valence-electron chi connectivity index (χ3n) is 2.74. The van der Waals surface area contributed by atoms with Gasteiger partial charge in [-0.15, -0.1) is 0 Å². The van der Waals surface area contributed by atoms with Gasteiger partial charge in [-0.1, -0.05) is 11.6 Å². The van der Waals surface area contributed by atoms with E-state index in [0.717, 1.165) is 18.8 Å². The number of benzene rings is 1. The lowest BCUT2D eigenvalue weighted by atomic mass is 10.1. The van der Waals surface area contributed by atoms with Crippen LogP contribution in [0.4, 0.5) is 11.4 Å². The van der Waals surface area contributed by atoms with Gasteiger partial charge in [0.1, 0.15) is 0 Å². The first-order chi connectivity index (χ1) is 8.09. The molecule has 1 aliphatic rings. The van der Waals surface area contributed by atoms with Crippen LogP contribution in [0.1, 0.15) is 10.4 Å². The van der Waals surface area contributed by atoms with Crippen molar-refractivity contribution < 1.29 is 9.53 Å². The number of halogens is 1. The van der Waals surface area contributed by atoms with Crippen LogP contribution >= 0.6 is 11.6 Å². The number of ether oxygens (including phenoxy) is 1. The quantitative estimate of drug-likeness (QED) is 0.768. The number of hydrogen-bond donors (Lipinski definition) is 2. The van der Waals surface area contributed by atoms with Gasteiger partial charge in [-0.2, -0.15) is 0 Å². The molecule has 1 heterocycles. The second kappa shape index (κ2) is 4.81. The van der Waals surface area contributed by atoms with Gasteiger partial charge in [-0.3, -0.25) is 4.79 Å². The van der Waals surface area contributed by atoms with Crippen LogP contribution in [-0.4, -0.2) is 32.2 Å². The molecule has 6 heteroatoms.